The van der Waals surface area contributed by atoms with E-state index in [-0.39, 0.29) is 17.9 Å². The first-order valence-electron chi connectivity index (χ1n) is 8.16. The number of rotatable bonds is 5. The number of nitrogens with two attached hydrogens (primary N) is 1. The summed E-state index contributed by atoms with van der Waals surface area (Å²) in [4.78, 5) is 12.3. The Bertz CT molecular complexity index is 438. The van der Waals surface area contributed by atoms with Crippen LogP contribution in [0.3, 0.4) is 0 Å². The van der Waals surface area contributed by atoms with Crippen molar-refractivity contribution in [3.8, 4) is 0 Å². The van der Waals surface area contributed by atoms with Gasteiger partial charge in [0.2, 0.25) is 5.91 Å². The van der Waals surface area contributed by atoms with Crippen molar-refractivity contribution in [2.75, 3.05) is 6.54 Å². The largest absolute Gasteiger partial charge is 0.356 e. The zero-order valence-corrected chi connectivity index (χ0v) is 13.2. The lowest BCUT2D eigenvalue weighted by atomic mass is 9.83. The highest BCUT2D eigenvalue weighted by Gasteiger charge is 2.24. The molecule has 1 saturated carbocycles. The third-order valence-electron chi connectivity index (χ3n) is 4.84. The average molecular weight is 288 g/mol. The Kier molecular flexibility index (Phi) is 5.80. The van der Waals surface area contributed by atoms with Gasteiger partial charge in [0.1, 0.15) is 0 Å². The highest BCUT2D eigenvalue weighted by molar-refractivity contribution is 5.79. The molecule has 0 radical (unpaired) electrons. The molecule has 3 heteroatoms. The first-order valence-corrected chi connectivity index (χ1v) is 8.16. The van der Waals surface area contributed by atoms with Gasteiger partial charge in [0.25, 0.3) is 0 Å². The van der Waals surface area contributed by atoms with Gasteiger partial charge in [-0.1, -0.05) is 57.0 Å². The van der Waals surface area contributed by atoms with Crippen molar-refractivity contribution >= 4 is 5.91 Å². The molecule has 2 unspecified atom stereocenters. The Balaban J connectivity index is 1.80. The molecule has 0 aliphatic heterocycles. The van der Waals surface area contributed by atoms with Crippen molar-refractivity contribution in [2.24, 2.45) is 23.5 Å². The summed E-state index contributed by atoms with van der Waals surface area (Å²) in [5.74, 6) is 1.37. The summed E-state index contributed by atoms with van der Waals surface area (Å²) < 4.78 is 0. The van der Waals surface area contributed by atoms with E-state index < -0.39 is 0 Å². The van der Waals surface area contributed by atoms with Crippen LogP contribution in [0, 0.1) is 17.8 Å². The van der Waals surface area contributed by atoms with Gasteiger partial charge >= 0.3 is 0 Å². The minimum absolute atomic E-state index is 0.0741. The van der Waals surface area contributed by atoms with E-state index in [0.717, 1.165) is 18.0 Å². The Hall–Kier alpha value is -1.35. The highest BCUT2D eigenvalue weighted by atomic mass is 16.1. The third-order valence-corrected chi connectivity index (χ3v) is 4.84. The Morgan fingerprint density at radius 2 is 1.86 bits per heavy atom. The maximum atomic E-state index is 12.3. The number of carbonyl (C=O) groups excluding carboxylic acids is 1. The third kappa shape index (κ3) is 4.57. The van der Waals surface area contributed by atoms with Gasteiger partial charge < -0.3 is 11.1 Å². The van der Waals surface area contributed by atoms with E-state index in [2.05, 4.69) is 12.2 Å². The zero-order chi connectivity index (χ0) is 15.2. The molecule has 116 valence electrons. The molecule has 1 aromatic carbocycles. The minimum atomic E-state index is -0.238. The quantitative estimate of drug-likeness (QED) is 0.873. The van der Waals surface area contributed by atoms with E-state index in [9.17, 15) is 4.79 Å². The van der Waals surface area contributed by atoms with Crippen molar-refractivity contribution in [1.29, 1.82) is 0 Å². The molecule has 2 atom stereocenters. The number of carbonyl (C=O) groups is 1. The van der Waals surface area contributed by atoms with E-state index in [1.807, 2.05) is 37.3 Å². The SMILES string of the molecule is CC1CCC(CNC(=O)C(C)C(N)c2ccccc2)CC1. The van der Waals surface area contributed by atoms with E-state index in [1.54, 1.807) is 0 Å². The second kappa shape index (κ2) is 7.60. The second-order valence-electron chi connectivity index (χ2n) is 6.60. The molecule has 0 bridgehead atoms. The summed E-state index contributed by atoms with van der Waals surface area (Å²) in [6.45, 7) is 5.03. The molecule has 1 aliphatic carbocycles. The van der Waals surface area contributed by atoms with Crippen LogP contribution in [0.1, 0.15) is 51.1 Å². The van der Waals surface area contributed by atoms with E-state index in [1.165, 1.54) is 25.7 Å². The predicted molar refractivity (Wildman–Crippen MR) is 86.7 cm³/mol. The van der Waals surface area contributed by atoms with Crippen LogP contribution in [-0.4, -0.2) is 12.5 Å². The molecule has 0 saturated heterocycles. The van der Waals surface area contributed by atoms with Crippen LogP contribution in [0.5, 0.6) is 0 Å². The van der Waals surface area contributed by atoms with Crippen molar-refractivity contribution in [3.05, 3.63) is 35.9 Å². The second-order valence-corrected chi connectivity index (χ2v) is 6.60. The van der Waals surface area contributed by atoms with Gasteiger partial charge in [0.05, 0.1) is 5.92 Å². The van der Waals surface area contributed by atoms with Crippen LogP contribution in [0.4, 0.5) is 0 Å². The predicted octanol–water partition coefficient (Wildman–Crippen LogP) is 3.27. The highest BCUT2D eigenvalue weighted by Crippen LogP contribution is 2.28. The standard InChI is InChI=1S/C18H28N2O/c1-13-8-10-15(11-9-13)12-20-18(21)14(2)17(19)16-6-4-3-5-7-16/h3-7,13-15,17H,8-12,19H2,1-2H3,(H,20,21). The van der Waals surface area contributed by atoms with Crippen LogP contribution in [0.2, 0.25) is 0 Å². The van der Waals surface area contributed by atoms with Crippen molar-refractivity contribution in [3.63, 3.8) is 0 Å². The summed E-state index contributed by atoms with van der Waals surface area (Å²) >= 11 is 0. The molecule has 3 nitrogen and oxygen atoms in total. The van der Waals surface area contributed by atoms with Crippen molar-refractivity contribution in [1.82, 2.24) is 5.32 Å². The number of hydrogen-bond donors (Lipinski definition) is 2. The molecule has 3 N–H and O–H groups in total. The lowest BCUT2D eigenvalue weighted by Gasteiger charge is -2.27. The molecule has 0 aromatic heterocycles. The summed E-state index contributed by atoms with van der Waals surface area (Å²) in [6, 6.07) is 9.61. The molecule has 0 spiro atoms. The number of hydrogen-bond acceptors (Lipinski definition) is 2. The number of benzene rings is 1. The smallest absolute Gasteiger partial charge is 0.224 e. The zero-order valence-electron chi connectivity index (χ0n) is 13.2. The summed E-state index contributed by atoms with van der Waals surface area (Å²) in [7, 11) is 0. The molecule has 1 fully saturated rings. The van der Waals surface area contributed by atoms with Crippen LogP contribution < -0.4 is 11.1 Å². The van der Waals surface area contributed by atoms with Gasteiger partial charge in [0.15, 0.2) is 0 Å². The van der Waals surface area contributed by atoms with Crippen LogP contribution in [0.15, 0.2) is 30.3 Å². The monoisotopic (exact) mass is 288 g/mol. The van der Waals surface area contributed by atoms with E-state index in [0.29, 0.717) is 5.92 Å². The van der Waals surface area contributed by atoms with E-state index in [4.69, 9.17) is 5.73 Å². The Morgan fingerprint density at radius 3 is 2.48 bits per heavy atom. The van der Waals surface area contributed by atoms with Crippen LogP contribution in [-0.2, 0) is 4.79 Å². The van der Waals surface area contributed by atoms with Gasteiger partial charge in [-0.3, -0.25) is 4.79 Å². The topological polar surface area (TPSA) is 55.1 Å². The van der Waals surface area contributed by atoms with Gasteiger partial charge in [-0.05, 0) is 30.2 Å². The van der Waals surface area contributed by atoms with Gasteiger partial charge in [-0.25, -0.2) is 0 Å². The lowest BCUT2D eigenvalue weighted by molar-refractivity contribution is -0.125. The molecular weight excluding hydrogens is 260 g/mol. The molecule has 1 aromatic rings. The van der Waals surface area contributed by atoms with Crippen molar-refractivity contribution < 1.29 is 4.79 Å². The van der Waals surface area contributed by atoms with Gasteiger partial charge in [0, 0.05) is 12.6 Å². The summed E-state index contributed by atoms with van der Waals surface area (Å²) in [5.41, 5.74) is 7.23. The Labute approximate surface area is 128 Å². The van der Waals surface area contributed by atoms with Gasteiger partial charge in [-0.2, -0.15) is 0 Å². The number of nitrogens with one attached hydrogen (secondary N) is 1. The maximum Gasteiger partial charge on any atom is 0.224 e. The normalized spacial score (nSPS) is 25.1. The first-order chi connectivity index (χ1) is 10.1. The number of amides is 1. The molecule has 0 heterocycles. The average Bonchev–Trinajstić information content (AvgIpc) is 2.53. The summed E-state index contributed by atoms with van der Waals surface area (Å²) in [6.07, 6.45) is 5.06. The van der Waals surface area contributed by atoms with Crippen LogP contribution >= 0.6 is 0 Å². The molecular formula is C18H28N2O. The first kappa shape index (κ1) is 16.0. The lowest BCUT2D eigenvalue weighted by Crippen LogP contribution is -2.38. The minimum Gasteiger partial charge on any atom is -0.356 e. The Morgan fingerprint density at radius 1 is 1.24 bits per heavy atom. The van der Waals surface area contributed by atoms with Crippen molar-refractivity contribution in [2.45, 2.75) is 45.6 Å². The maximum absolute atomic E-state index is 12.3. The summed E-state index contributed by atoms with van der Waals surface area (Å²) in [5, 5.41) is 3.10. The fraction of sp³-hybridized carbons (Fsp3) is 0.611. The van der Waals surface area contributed by atoms with Crippen LogP contribution in [0.25, 0.3) is 0 Å². The molecule has 21 heavy (non-hydrogen) atoms. The van der Waals surface area contributed by atoms with E-state index >= 15 is 0 Å². The fourth-order valence-corrected chi connectivity index (χ4v) is 3.07. The molecule has 2 rings (SSSR count). The van der Waals surface area contributed by atoms with Gasteiger partial charge in [-0.15, -0.1) is 0 Å². The fourth-order valence-electron chi connectivity index (χ4n) is 3.07. The molecule has 1 aliphatic rings. The molecule has 1 amide bonds.